The summed E-state index contributed by atoms with van der Waals surface area (Å²) in [5.74, 6) is 0. The molecule has 1 aliphatic carbocycles. The standard InChI is InChI=1S/C10H19N3S/c1-8(2)13-9(14)11-10(12-13)6-4-3-5-7-10/h8,12H,3-7H2,1-2H3,(H,11,14). The van der Waals surface area contributed by atoms with Crippen LogP contribution in [-0.4, -0.2) is 21.8 Å². The van der Waals surface area contributed by atoms with Crippen LogP contribution in [0, 0.1) is 0 Å². The Morgan fingerprint density at radius 1 is 1.29 bits per heavy atom. The molecule has 0 aromatic heterocycles. The van der Waals surface area contributed by atoms with Gasteiger partial charge in [0.1, 0.15) is 5.66 Å². The van der Waals surface area contributed by atoms with Gasteiger partial charge < -0.3 is 5.32 Å². The first-order valence-electron chi connectivity index (χ1n) is 5.52. The minimum atomic E-state index is 0.0829. The van der Waals surface area contributed by atoms with E-state index in [0.29, 0.717) is 6.04 Å². The molecule has 0 aromatic carbocycles. The van der Waals surface area contributed by atoms with Gasteiger partial charge in [-0.2, -0.15) is 0 Å². The van der Waals surface area contributed by atoms with Crippen LogP contribution in [0.25, 0.3) is 0 Å². The minimum absolute atomic E-state index is 0.0829. The van der Waals surface area contributed by atoms with Crippen molar-refractivity contribution in [1.29, 1.82) is 0 Å². The molecule has 3 nitrogen and oxygen atoms in total. The summed E-state index contributed by atoms with van der Waals surface area (Å²) in [5.41, 5.74) is 3.62. The summed E-state index contributed by atoms with van der Waals surface area (Å²) in [5, 5.41) is 6.39. The van der Waals surface area contributed by atoms with Gasteiger partial charge in [-0.3, -0.25) is 5.01 Å². The Kier molecular flexibility index (Phi) is 2.66. The quantitative estimate of drug-likeness (QED) is 0.649. The van der Waals surface area contributed by atoms with Crippen LogP contribution in [0.15, 0.2) is 0 Å². The lowest BCUT2D eigenvalue weighted by molar-refractivity contribution is 0.146. The van der Waals surface area contributed by atoms with Gasteiger partial charge in [0.05, 0.1) is 0 Å². The highest BCUT2D eigenvalue weighted by Gasteiger charge is 2.41. The second-order valence-corrected chi connectivity index (χ2v) is 5.04. The number of nitrogens with zero attached hydrogens (tertiary/aromatic N) is 1. The number of nitrogens with one attached hydrogen (secondary N) is 2. The summed E-state index contributed by atoms with van der Waals surface area (Å²) >= 11 is 5.32. The average molecular weight is 213 g/mol. The fraction of sp³-hybridized carbons (Fsp3) is 0.900. The summed E-state index contributed by atoms with van der Waals surface area (Å²) < 4.78 is 0. The molecule has 1 spiro atoms. The van der Waals surface area contributed by atoms with E-state index < -0.39 is 0 Å². The topological polar surface area (TPSA) is 27.3 Å². The molecule has 4 heteroatoms. The number of hydrogen-bond acceptors (Lipinski definition) is 2. The van der Waals surface area contributed by atoms with Crippen molar-refractivity contribution in [2.75, 3.05) is 0 Å². The van der Waals surface area contributed by atoms with E-state index in [2.05, 4.69) is 29.6 Å². The molecule has 80 valence electrons. The molecule has 1 saturated carbocycles. The molecule has 2 rings (SSSR count). The molecule has 2 aliphatic rings. The Morgan fingerprint density at radius 2 is 1.93 bits per heavy atom. The first-order chi connectivity index (χ1) is 6.63. The number of thiocarbonyl (C=S) groups is 1. The molecule has 0 aromatic rings. The van der Waals surface area contributed by atoms with E-state index in [1.165, 1.54) is 32.1 Å². The normalized spacial score (nSPS) is 25.9. The molecule has 0 atom stereocenters. The van der Waals surface area contributed by atoms with E-state index in [9.17, 15) is 0 Å². The van der Waals surface area contributed by atoms with Crippen LogP contribution in [0.4, 0.5) is 0 Å². The second kappa shape index (κ2) is 3.66. The Bertz CT molecular complexity index is 234. The van der Waals surface area contributed by atoms with Crippen molar-refractivity contribution in [3.63, 3.8) is 0 Å². The van der Waals surface area contributed by atoms with Crippen LogP contribution in [0.3, 0.4) is 0 Å². The third kappa shape index (κ3) is 1.73. The van der Waals surface area contributed by atoms with Gasteiger partial charge >= 0.3 is 0 Å². The number of hydrogen-bond donors (Lipinski definition) is 2. The highest BCUT2D eigenvalue weighted by Crippen LogP contribution is 2.29. The van der Waals surface area contributed by atoms with E-state index in [1.54, 1.807) is 0 Å². The van der Waals surface area contributed by atoms with Crippen LogP contribution in [0.5, 0.6) is 0 Å². The molecule has 1 aliphatic heterocycles. The Hall–Kier alpha value is -0.350. The van der Waals surface area contributed by atoms with Gasteiger partial charge in [0, 0.05) is 6.04 Å². The van der Waals surface area contributed by atoms with Gasteiger partial charge in [-0.1, -0.05) is 6.42 Å². The Morgan fingerprint density at radius 3 is 2.43 bits per heavy atom. The van der Waals surface area contributed by atoms with Gasteiger partial charge in [-0.15, -0.1) is 0 Å². The zero-order valence-electron chi connectivity index (χ0n) is 8.97. The van der Waals surface area contributed by atoms with Gasteiger partial charge in [-0.05, 0) is 51.7 Å². The molecule has 2 fully saturated rings. The van der Waals surface area contributed by atoms with Crippen molar-refractivity contribution in [3.8, 4) is 0 Å². The Labute approximate surface area is 91.2 Å². The molecule has 14 heavy (non-hydrogen) atoms. The lowest BCUT2D eigenvalue weighted by Gasteiger charge is -2.34. The van der Waals surface area contributed by atoms with Crippen molar-refractivity contribution < 1.29 is 0 Å². The molecular formula is C10H19N3S. The van der Waals surface area contributed by atoms with Gasteiger partial charge in [0.25, 0.3) is 0 Å². The molecule has 0 bridgehead atoms. The van der Waals surface area contributed by atoms with E-state index in [-0.39, 0.29) is 5.66 Å². The fourth-order valence-corrected chi connectivity index (χ4v) is 2.78. The van der Waals surface area contributed by atoms with Crippen molar-refractivity contribution in [1.82, 2.24) is 15.8 Å². The lowest BCUT2D eigenvalue weighted by Crippen LogP contribution is -2.53. The maximum atomic E-state index is 5.32. The first-order valence-corrected chi connectivity index (χ1v) is 5.93. The minimum Gasteiger partial charge on any atom is -0.342 e. The van der Waals surface area contributed by atoms with E-state index in [4.69, 9.17) is 12.2 Å². The summed E-state index contributed by atoms with van der Waals surface area (Å²) in [6, 6.07) is 0.427. The summed E-state index contributed by atoms with van der Waals surface area (Å²) in [6.45, 7) is 4.31. The summed E-state index contributed by atoms with van der Waals surface area (Å²) in [7, 11) is 0. The smallest absolute Gasteiger partial charge is 0.185 e. The zero-order valence-corrected chi connectivity index (χ0v) is 9.78. The highest BCUT2D eigenvalue weighted by atomic mass is 32.1. The molecule has 0 radical (unpaired) electrons. The van der Waals surface area contributed by atoms with Crippen LogP contribution in [-0.2, 0) is 0 Å². The monoisotopic (exact) mass is 213 g/mol. The summed E-state index contributed by atoms with van der Waals surface area (Å²) in [4.78, 5) is 0. The molecule has 1 heterocycles. The van der Waals surface area contributed by atoms with Crippen LogP contribution in [0.2, 0.25) is 0 Å². The van der Waals surface area contributed by atoms with E-state index in [0.717, 1.165) is 5.11 Å². The maximum absolute atomic E-state index is 5.32. The molecule has 1 saturated heterocycles. The fourth-order valence-electron chi connectivity index (χ4n) is 2.33. The van der Waals surface area contributed by atoms with Crippen molar-refractivity contribution >= 4 is 17.3 Å². The number of rotatable bonds is 1. The lowest BCUT2D eigenvalue weighted by atomic mass is 9.90. The van der Waals surface area contributed by atoms with Crippen LogP contribution >= 0.6 is 12.2 Å². The van der Waals surface area contributed by atoms with Gasteiger partial charge in [-0.25, -0.2) is 5.43 Å². The second-order valence-electron chi connectivity index (χ2n) is 4.65. The predicted molar refractivity (Wildman–Crippen MR) is 61.7 cm³/mol. The van der Waals surface area contributed by atoms with Crippen molar-refractivity contribution in [2.24, 2.45) is 0 Å². The number of hydrazine groups is 1. The molecule has 0 amide bonds. The third-order valence-electron chi connectivity index (χ3n) is 3.12. The largest absolute Gasteiger partial charge is 0.342 e. The average Bonchev–Trinajstić information content (AvgIpc) is 2.44. The van der Waals surface area contributed by atoms with Gasteiger partial charge in [0.15, 0.2) is 5.11 Å². The van der Waals surface area contributed by atoms with Gasteiger partial charge in [0.2, 0.25) is 0 Å². The van der Waals surface area contributed by atoms with E-state index >= 15 is 0 Å². The zero-order chi connectivity index (χ0) is 10.2. The third-order valence-corrected chi connectivity index (χ3v) is 3.42. The maximum Gasteiger partial charge on any atom is 0.185 e. The molecule has 0 unspecified atom stereocenters. The van der Waals surface area contributed by atoms with Crippen LogP contribution < -0.4 is 10.7 Å². The summed E-state index contributed by atoms with van der Waals surface area (Å²) in [6.07, 6.45) is 6.34. The predicted octanol–water partition coefficient (Wildman–Crippen LogP) is 1.75. The molecule has 2 N–H and O–H groups in total. The van der Waals surface area contributed by atoms with Crippen molar-refractivity contribution in [2.45, 2.75) is 57.7 Å². The van der Waals surface area contributed by atoms with Crippen molar-refractivity contribution in [3.05, 3.63) is 0 Å². The first kappa shape index (κ1) is 10.2. The highest BCUT2D eigenvalue weighted by molar-refractivity contribution is 7.80. The van der Waals surface area contributed by atoms with E-state index in [1.807, 2.05) is 0 Å². The van der Waals surface area contributed by atoms with Crippen LogP contribution in [0.1, 0.15) is 46.0 Å². The SMILES string of the molecule is CC(C)N1NC2(CCCCC2)NC1=S. The Balaban J connectivity index is 2.07. The molecular weight excluding hydrogens is 194 g/mol.